The lowest BCUT2D eigenvalue weighted by molar-refractivity contribution is 0.0593. The van der Waals surface area contributed by atoms with Crippen molar-refractivity contribution in [1.82, 2.24) is 4.57 Å². The van der Waals surface area contributed by atoms with E-state index in [1.807, 2.05) is 24.3 Å². The fourth-order valence-corrected chi connectivity index (χ4v) is 2.65. The summed E-state index contributed by atoms with van der Waals surface area (Å²) in [4.78, 5) is 12.2. The summed E-state index contributed by atoms with van der Waals surface area (Å²) in [6, 6.07) is 16.1. The molecule has 1 heterocycles. The number of carbonyl (C=O) groups is 1. The van der Waals surface area contributed by atoms with Crippen molar-refractivity contribution in [3.63, 3.8) is 0 Å². The Balaban J connectivity index is 2.20. The van der Waals surface area contributed by atoms with Crippen LogP contribution >= 0.6 is 11.6 Å². The van der Waals surface area contributed by atoms with Crippen LogP contribution in [0.4, 0.5) is 5.69 Å². The normalized spacial score (nSPS) is 10.2. The standard InChI is InChI=1S/C19H14ClN3O3/c1-25-19(24)18-17(22)12(10-21)11-23(18)15-9-13(20)7-8-16(15)26-14-5-3-2-4-6-14/h2-9,11H,22H2,1H3. The van der Waals surface area contributed by atoms with Crippen LogP contribution in [0.1, 0.15) is 16.1 Å². The van der Waals surface area contributed by atoms with E-state index in [0.717, 1.165) is 0 Å². The van der Waals surface area contributed by atoms with Crippen molar-refractivity contribution >= 4 is 23.3 Å². The molecule has 130 valence electrons. The maximum atomic E-state index is 12.2. The molecule has 26 heavy (non-hydrogen) atoms. The molecule has 0 saturated carbocycles. The summed E-state index contributed by atoms with van der Waals surface area (Å²) >= 11 is 6.13. The number of halogens is 1. The molecule has 6 nitrogen and oxygen atoms in total. The number of nitrogens with zero attached hydrogens (tertiary/aromatic N) is 2. The number of methoxy groups -OCH3 is 1. The minimum absolute atomic E-state index is 0.0317. The number of nitrogens with two attached hydrogens (primary N) is 1. The van der Waals surface area contributed by atoms with Crippen LogP contribution in [0.5, 0.6) is 11.5 Å². The van der Waals surface area contributed by atoms with E-state index >= 15 is 0 Å². The third kappa shape index (κ3) is 3.21. The lowest BCUT2D eigenvalue weighted by Crippen LogP contribution is -2.11. The van der Waals surface area contributed by atoms with Crippen molar-refractivity contribution in [2.45, 2.75) is 0 Å². The number of esters is 1. The highest BCUT2D eigenvalue weighted by atomic mass is 35.5. The Morgan fingerprint density at radius 3 is 2.62 bits per heavy atom. The summed E-state index contributed by atoms with van der Waals surface area (Å²) in [6.45, 7) is 0. The first-order valence-corrected chi connectivity index (χ1v) is 7.95. The van der Waals surface area contributed by atoms with Gasteiger partial charge in [0.2, 0.25) is 0 Å². The number of hydrogen-bond acceptors (Lipinski definition) is 5. The van der Waals surface area contributed by atoms with Gasteiger partial charge in [-0.15, -0.1) is 0 Å². The van der Waals surface area contributed by atoms with Crippen LogP contribution in [0.2, 0.25) is 5.02 Å². The molecule has 0 aliphatic rings. The Labute approximate surface area is 154 Å². The topological polar surface area (TPSA) is 90.3 Å². The molecule has 0 aliphatic carbocycles. The molecule has 0 saturated heterocycles. The number of nitriles is 1. The van der Waals surface area contributed by atoms with E-state index in [2.05, 4.69) is 0 Å². The van der Waals surface area contributed by atoms with Gasteiger partial charge < -0.3 is 19.8 Å². The maximum Gasteiger partial charge on any atom is 0.357 e. The Hall–Kier alpha value is -3.43. The smallest absolute Gasteiger partial charge is 0.357 e. The summed E-state index contributed by atoms with van der Waals surface area (Å²) in [7, 11) is 1.24. The predicted molar refractivity (Wildman–Crippen MR) is 97.8 cm³/mol. The van der Waals surface area contributed by atoms with Crippen LogP contribution in [-0.2, 0) is 4.74 Å². The molecule has 0 atom stereocenters. The van der Waals surface area contributed by atoms with Gasteiger partial charge in [-0.25, -0.2) is 4.79 Å². The van der Waals surface area contributed by atoms with Gasteiger partial charge in [0.25, 0.3) is 0 Å². The summed E-state index contributed by atoms with van der Waals surface area (Å²) in [5.74, 6) is 0.371. The van der Waals surface area contributed by atoms with Crippen LogP contribution in [0, 0.1) is 11.3 Å². The zero-order valence-corrected chi connectivity index (χ0v) is 14.5. The van der Waals surface area contributed by atoms with Crippen LogP contribution < -0.4 is 10.5 Å². The van der Waals surface area contributed by atoms with E-state index in [1.54, 1.807) is 30.3 Å². The van der Waals surface area contributed by atoms with E-state index in [-0.39, 0.29) is 16.9 Å². The second-order valence-corrected chi connectivity index (χ2v) is 5.74. The Bertz CT molecular complexity index is 1010. The van der Waals surface area contributed by atoms with Gasteiger partial charge in [-0.05, 0) is 30.3 Å². The average Bonchev–Trinajstić information content (AvgIpc) is 2.99. The SMILES string of the molecule is COC(=O)c1c(N)c(C#N)cn1-c1cc(Cl)ccc1Oc1ccccc1. The van der Waals surface area contributed by atoms with Crippen LogP contribution in [0.15, 0.2) is 54.7 Å². The first kappa shape index (κ1) is 17.4. The molecular weight excluding hydrogens is 354 g/mol. The van der Waals surface area contributed by atoms with Gasteiger partial charge >= 0.3 is 5.97 Å². The molecule has 0 bridgehead atoms. The zero-order valence-electron chi connectivity index (χ0n) is 13.8. The van der Waals surface area contributed by atoms with Gasteiger partial charge in [0, 0.05) is 11.2 Å². The van der Waals surface area contributed by atoms with Crippen molar-refractivity contribution in [3.05, 3.63) is 71.0 Å². The molecule has 0 amide bonds. The Morgan fingerprint density at radius 1 is 1.23 bits per heavy atom. The fraction of sp³-hybridized carbons (Fsp3) is 0.0526. The highest BCUT2D eigenvalue weighted by molar-refractivity contribution is 6.30. The first-order valence-electron chi connectivity index (χ1n) is 7.57. The highest BCUT2D eigenvalue weighted by Gasteiger charge is 2.23. The molecule has 3 rings (SSSR count). The molecule has 7 heteroatoms. The number of nitrogen functional groups attached to an aromatic ring is 1. The van der Waals surface area contributed by atoms with Gasteiger partial charge in [0.05, 0.1) is 24.0 Å². The molecule has 2 N–H and O–H groups in total. The number of anilines is 1. The van der Waals surface area contributed by atoms with E-state index in [4.69, 9.17) is 26.8 Å². The second kappa shape index (κ2) is 7.21. The third-order valence-corrected chi connectivity index (χ3v) is 3.93. The number of ether oxygens (including phenoxy) is 2. The number of hydrogen-bond donors (Lipinski definition) is 1. The van der Waals surface area contributed by atoms with Gasteiger partial charge in [-0.3, -0.25) is 0 Å². The second-order valence-electron chi connectivity index (χ2n) is 5.31. The molecule has 0 radical (unpaired) electrons. The van der Waals surface area contributed by atoms with Gasteiger partial charge in [-0.1, -0.05) is 29.8 Å². The van der Waals surface area contributed by atoms with Crippen LogP contribution in [0.25, 0.3) is 5.69 Å². The lowest BCUT2D eigenvalue weighted by Gasteiger charge is -2.14. The van der Waals surface area contributed by atoms with E-state index in [0.29, 0.717) is 22.2 Å². The average molecular weight is 368 g/mol. The molecular formula is C19H14ClN3O3. The summed E-state index contributed by atoms with van der Waals surface area (Å²) < 4.78 is 12.2. The monoisotopic (exact) mass is 367 g/mol. The molecule has 3 aromatic rings. The van der Waals surface area contributed by atoms with Crippen LogP contribution in [-0.4, -0.2) is 17.6 Å². The number of rotatable bonds is 4. The molecule has 0 aliphatic heterocycles. The van der Waals surface area contributed by atoms with Crippen molar-refractivity contribution in [3.8, 4) is 23.3 Å². The minimum Gasteiger partial charge on any atom is -0.464 e. The molecule has 0 spiro atoms. The molecule has 0 fully saturated rings. The zero-order chi connectivity index (χ0) is 18.7. The Morgan fingerprint density at radius 2 is 1.96 bits per heavy atom. The van der Waals surface area contributed by atoms with E-state index in [1.165, 1.54) is 17.9 Å². The van der Waals surface area contributed by atoms with E-state index in [9.17, 15) is 10.1 Å². The van der Waals surface area contributed by atoms with Gasteiger partial charge in [-0.2, -0.15) is 5.26 Å². The number of para-hydroxylation sites is 1. The minimum atomic E-state index is -0.672. The van der Waals surface area contributed by atoms with Gasteiger partial charge in [0.1, 0.15) is 11.8 Å². The largest absolute Gasteiger partial charge is 0.464 e. The first-order chi connectivity index (χ1) is 12.5. The predicted octanol–water partition coefficient (Wildman–Crippen LogP) is 4.16. The van der Waals surface area contributed by atoms with E-state index < -0.39 is 5.97 Å². The quantitative estimate of drug-likeness (QED) is 0.699. The summed E-state index contributed by atoms with van der Waals surface area (Å²) in [5.41, 5.74) is 6.62. The number of aromatic nitrogens is 1. The maximum absolute atomic E-state index is 12.2. The lowest BCUT2D eigenvalue weighted by atomic mass is 10.2. The number of carbonyl (C=O) groups excluding carboxylic acids is 1. The summed E-state index contributed by atoms with van der Waals surface area (Å²) in [5, 5.41) is 9.70. The Kier molecular flexibility index (Phi) is 4.83. The number of benzene rings is 2. The molecule has 2 aromatic carbocycles. The summed E-state index contributed by atoms with van der Waals surface area (Å²) in [6.07, 6.45) is 1.45. The van der Waals surface area contributed by atoms with Gasteiger partial charge in [0.15, 0.2) is 11.4 Å². The third-order valence-electron chi connectivity index (χ3n) is 3.70. The molecule has 0 unspecified atom stereocenters. The fourth-order valence-electron chi connectivity index (χ4n) is 2.49. The van der Waals surface area contributed by atoms with Crippen molar-refractivity contribution in [2.24, 2.45) is 0 Å². The highest BCUT2D eigenvalue weighted by Crippen LogP contribution is 2.34. The van der Waals surface area contributed by atoms with Crippen molar-refractivity contribution < 1.29 is 14.3 Å². The van der Waals surface area contributed by atoms with Crippen molar-refractivity contribution in [1.29, 1.82) is 5.26 Å². The van der Waals surface area contributed by atoms with Crippen LogP contribution in [0.3, 0.4) is 0 Å². The van der Waals surface area contributed by atoms with Crippen molar-refractivity contribution in [2.75, 3.05) is 12.8 Å². The molecule has 1 aromatic heterocycles.